The minimum Gasteiger partial charge on any atom is -0.496 e. The van der Waals surface area contributed by atoms with E-state index < -0.39 is 15.8 Å². The van der Waals surface area contributed by atoms with E-state index in [2.05, 4.69) is 19.2 Å². The topological polar surface area (TPSA) is 107 Å². The smallest absolute Gasteiger partial charge is 0.296 e. The lowest BCUT2D eigenvalue weighted by molar-refractivity contribution is -0.384. The third kappa shape index (κ3) is 2.50. The van der Waals surface area contributed by atoms with Crippen LogP contribution in [0.3, 0.4) is 0 Å². The van der Waals surface area contributed by atoms with Crippen molar-refractivity contribution in [2.24, 2.45) is 5.41 Å². The zero-order valence-electron chi connectivity index (χ0n) is 17.5. The van der Waals surface area contributed by atoms with Crippen LogP contribution in [0.1, 0.15) is 44.0 Å². The first-order chi connectivity index (χ1) is 14.8. The third-order valence-electron chi connectivity index (χ3n) is 7.15. The Labute approximate surface area is 178 Å². The van der Waals surface area contributed by atoms with Crippen LogP contribution in [0.25, 0.3) is 11.0 Å². The molecule has 2 unspecified atom stereocenters. The van der Waals surface area contributed by atoms with E-state index in [1.807, 2.05) is 24.3 Å². The number of nitro benzene ring substituents is 1. The molecule has 0 spiro atoms. The van der Waals surface area contributed by atoms with Crippen molar-refractivity contribution in [3.63, 3.8) is 0 Å². The molecule has 2 aliphatic rings. The zero-order valence-corrected chi connectivity index (χ0v) is 17.5. The first kappa shape index (κ1) is 19.4. The van der Waals surface area contributed by atoms with Crippen molar-refractivity contribution < 1.29 is 14.5 Å². The van der Waals surface area contributed by atoms with Gasteiger partial charge in [-0.15, -0.1) is 0 Å². The molecule has 1 N–H and O–H groups in total. The number of anilines is 1. The van der Waals surface area contributed by atoms with Crippen molar-refractivity contribution >= 4 is 28.3 Å². The minimum atomic E-state index is -0.905. The van der Waals surface area contributed by atoms with Crippen molar-refractivity contribution in [3.8, 4) is 5.75 Å². The van der Waals surface area contributed by atoms with Gasteiger partial charge in [0.05, 0.1) is 45.9 Å². The summed E-state index contributed by atoms with van der Waals surface area (Å²) in [6, 6.07) is 12.1. The number of aromatic nitrogens is 2. The lowest BCUT2D eigenvalue weighted by atomic mass is 9.67. The molecule has 1 aromatic heterocycles. The van der Waals surface area contributed by atoms with Crippen LogP contribution < -0.4 is 10.1 Å². The van der Waals surface area contributed by atoms with Crippen LogP contribution in [0, 0.1) is 15.5 Å². The number of nitro groups is 1. The molecule has 2 aromatic carbocycles. The summed E-state index contributed by atoms with van der Waals surface area (Å²) in [7, 11) is 1.44. The lowest BCUT2D eigenvalue weighted by Crippen LogP contribution is -2.46. The zero-order chi connectivity index (χ0) is 22.0. The second kappa shape index (κ2) is 6.47. The van der Waals surface area contributed by atoms with Gasteiger partial charge in [0.25, 0.3) is 5.69 Å². The molecule has 2 bridgehead atoms. The number of carbonyl (C=O) groups excluding carboxylic acids is 1. The van der Waals surface area contributed by atoms with Crippen molar-refractivity contribution in [1.82, 2.24) is 9.97 Å². The SMILES string of the molecule is COc1ccc(NC(=O)C23CCC(c4nc5ccccc5nc42)C3(C)C)c([N+](=O)[O-])c1. The molecular weight excluding hydrogens is 396 g/mol. The van der Waals surface area contributed by atoms with E-state index in [1.54, 1.807) is 6.07 Å². The highest BCUT2D eigenvalue weighted by Crippen LogP contribution is 2.67. The van der Waals surface area contributed by atoms with E-state index in [4.69, 9.17) is 14.7 Å². The minimum absolute atomic E-state index is 0.108. The highest BCUT2D eigenvalue weighted by molar-refractivity contribution is 6.03. The number of hydrogen-bond donors (Lipinski definition) is 1. The van der Waals surface area contributed by atoms with Crippen molar-refractivity contribution in [2.45, 2.75) is 38.0 Å². The van der Waals surface area contributed by atoms with Crippen molar-refractivity contribution in [2.75, 3.05) is 12.4 Å². The summed E-state index contributed by atoms with van der Waals surface area (Å²) >= 11 is 0. The van der Waals surface area contributed by atoms with Crippen LogP contribution in [0.4, 0.5) is 11.4 Å². The van der Waals surface area contributed by atoms with Crippen LogP contribution in [-0.4, -0.2) is 27.9 Å². The van der Waals surface area contributed by atoms with Crippen LogP contribution in [0.5, 0.6) is 5.75 Å². The number of hydrogen-bond acceptors (Lipinski definition) is 6. The van der Waals surface area contributed by atoms with E-state index >= 15 is 0 Å². The highest BCUT2D eigenvalue weighted by Gasteiger charge is 2.68. The molecule has 2 aliphatic carbocycles. The van der Waals surface area contributed by atoms with E-state index in [9.17, 15) is 14.9 Å². The summed E-state index contributed by atoms with van der Waals surface area (Å²) in [5, 5.41) is 14.4. The molecule has 0 radical (unpaired) electrons. The highest BCUT2D eigenvalue weighted by atomic mass is 16.6. The van der Waals surface area contributed by atoms with Crippen LogP contribution in [-0.2, 0) is 10.2 Å². The quantitative estimate of drug-likeness (QED) is 0.499. The molecule has 0 saturated heterocycles. The molecule has 158 valence electrons. The van der Waals surface area contributed by atoms with Gasteiger partial charge in [-0.25, -0.2) is 9.97 Å². The van der Waals surface area contributed by atoms with Gasteiger partial charge in [-0.2, -0.15) is 0 Å². The molecule has 3 aromatic rings. The van der Waals surface area contributed by atoms with Gasteiger partial charge in [-0.05, 0) is 42.5 Å². The number of carbonyl (C=O) groups is 1. The molecule has 1 heterocycles. The molecule has 31 heavy (non-hydrogen) atoms. The molecule has 2 atom stereocenters. The maximum absolute atomic E-state index is 13.8. The number of para-hydroxylation sites is 2. The molecule has 0 aliphatic heterocycles. The van der Waals surface area contributed by atoms with E-state index in [0.717, 1.165) is 23.1 Å². The Hall–Kier alpha value is -3.55. The molecular formula is C23H22N4O4. The number of ether oxygens (including phenoxy) is 1. The summed E-state index contributed by atoms with van der Waals surface area (Å²) in [4.78, 5) is 34.6. The number of rotatable bonds is 4. The Bertz CT molecular complexity index is 1260. The largest absolute Gasteiger partial charge is 0.496 e. The normalized spacial score (nSPS) is 22.9. The van der Waals surface area contributed by atoms with Gasteiger partial charge in [0, 0.05) is 5.92 Å². The van der Waals surface area contributed by atoms with Gasteiger partial charge < -0.3 is 10.1 Å². The predicted octanol–water partition coefficient (Wildman–Crippen LogP) is 4.34. The van der Waals surface area contributed by atoms with Gasteiger partial charge in [0.2, 0.25) is 5.91 Å². The number of nitrogens with one attached hydrogen (secondary N) is 1. The Kier molecular flexibility index (Phi) is 4.05. The second-order valence-corrected chi connectivity index (χ2v) is 8.76. The molecule has 1 saturated carbocycles. The van der Waals surface area contributed by atoms with Gasteiger partial charge in [0.1, 0.15) is 11.4 Å². The lowest BCUT2D eigenvalue weighted by Gasteiger charge is -2.36. The number of fused-ring (bicyclic) bond motifs is 6. The van der Waals surface area contributed by atoms with Gasteiger partial charge in [0.15, 0.2) is 0 Å². The number of amides is 1. The number of methoxy groups -OCH3 is 1. The van der Waals surface area contributed by atoms with E-state index in [-0.39, 0.29) is 23.2 Å². The van der Waals surface area contributed by atoms with E-state index in [1.165, 1.54) is 19.2 Å². The summed E-state index contributed by atoms with van der Waals surface area (Å²) in [6.45, 7) is 4.14. The van der Waals surface area contributed by atoms with E-state index in [0.29, 0.717) is 17.9 Å². The summed E-state index contributed by atoms with van der Waals surface area (Å²) in [5.41, 5.74) is 1.73. The van der Waals surface area contributed by atoms with Crippen molar-refractivity contribution in [3.05, 3.63) is 64.0 Å². The predicted molar refractivity (Wildman–Crippen MR) is 115 cm³/mol. The fourth-order valence-electron chi connectivity index (χ4n) is 5.45. The Morgan fingerprint density at radius 1 is 1.19 bits per heavy atom. The first-order valence-electron chi connectivity index (χ1n) is 10.2. The molecule has 1 amide bonds. The van der Waals surface area contributed by atoms with Crippen molar-refractivity contribution in [1.29, 1.82) is 0 Å². The average Bonchev–Trinajstić information content (AvgIpc) is 3.13. The standard InChI is InChI=1S/C23H22N4O4/c1-22(2)14-10-11-23(22,20-19(14)24-15-6-4-5-7-16(15)25-20)21(28)26-17-9-8-13(31-3)12-18(17)27(29)30/h4-9,12,14H,10-11H2,1-3H3,(H,26,28). The summed E-state index contributed by atoms with van der Waals surface area (Å²) in [6.07, 6.45) is 1.45. The summed E-state index contributed by atoms with van der Waals surface area (Å²) < 4.78 is 5.10. The Morgan fingerprint density at radius 3 is 2.58 bits per heavy atom. The number of nitrogens with zero attached hydrogens (tertiary/aromatic N) is 3. The molecule has 5 rings (SSSR count). The average molecular weight is 418 g/mol. The Balaban J connectivity index is 1.63. The van der Waals surface area contributed by atoms with Crippen LogP contribution in [0.15, 0.2) is 42.5 Å². The van der Waals surface area contributed by atoms with Gasteiger partial charge in [-0.1, -0.05) is 26.0 Å². The molecule has 8 nitrogen and oxygen atoms in total. The Morgan fingerprint density at radius 2 is 1.90 bits per heavy atom. The molecule has 1 fully saturated rings. The maximum Gasteiger partial charge on any atom is 0.296 e. The molecule has 8 heteroatoms. The van der Waals surface area contributed by atoms with Crippen LogP contribution in [0.2, 0.25) is 0 Å². The maximum atomic E-state index is 13.8. The summed E-state index contributed by atoms with van der Waals surface area (Å²) in [5.74, 6) is 0.181. The van der Waals surface area contributed by atoms with Gasteiger partial charge >= 0.3 is 0 Å². The second-order valence-electron chi connectivity index (χ2n) is 8.76. The first-order valence-corrected chi connectivity index (χ1v) is 10.2. The fraction of sp³-hybridized carbons (Fsp3) is 0.348. The van der Waals surface area contributed by atoms with Gasteiger partial charge in [-0.3, -0.25) is 14.9 Å². The fourth-order valence-corrected chi connectivity index (χ4v) is 5.45. The third-order valence-corrected chi connectivity index (χ3v) is 7.15. The monoisotopic (exact) mass is 418 g/mol. The van der Waals surface area contributed by atoms with Crippen LogP contribution >= 0.6 is 0 Å². The number of benzene rings is 2.